The molecule has 0 spiro atoms. The highest BCUT2D eigenvalue weighted by atomic mass is 35.5. The first kappa shape index (κ1) is 10.1. The van der Waals surface area contributed by atoms with Gasteiger partial charge in [0.2, 0.25) is 0 Å². The van der Waals surface area contributed by atoms with Crippen molar-refractivity contribution in [1.29, 1.82) is 0 Å². The SMILES string of the molecule is O=C(O)C1=Cc2cc(Cl)ccc2OCC1. The van der Waals surface area contributed by atoms with Gasteiger partial charge in [-0.25, -0.2) is 4.79 Å². The van der Waals surface area contributed by atoms with Crippen LogP contribution in [0.1, 0.15) is 12.0 Å². The molecule has 15 heavy (non-hydrogen) atoms. The molecule has 0 amide bonds. The Balaban J connectivity index is 2.48. The van der Waals surface area contributed by atoms with Crippen LogP contribution < -0.4 is 4.74 Å². The highest BCUT2D eigenvalue weighted by Crippen LogP contribution is 2.28. The summed E-state index contributed by atoms with van der Waals surface area (Å²) in [4.78, 5) is 10.8. The van der Waals surface area contributed by atoms with Crippen LogP contribution in [0.2, 0.25) is 5.02 Å². The van der Waals surface area contributed by atoms with Crippen molar-refractivity contribution in [2.24, 2.45) is 0 Å². The van der Waals surface area contributed by atoms with Crippen LogP contribution in [0.15, 0.2) is 23.8 Å². The molecule has 78 valence electrons. The summed E-state index contributed by atoms with van der Waals surface area (Å²) in [5.41, 5.74) is 1.06. The van der Waals surface area contributed by atoms with Crippen LogP contribution in [-0.4, -0.2) is 17.7 Å². The summed E-state index contributed by atoms with van der Waals surface area (Å²) in [6.07, 6.45) is 2.01. The molecular weight excluding hydrogens is 216 g/mol. The molecule has 0 bridgehead atoms. The van der Waals surface area contributed by atoms with E-state index in [1.54, 1.807) is 24.3 Å². The lowest BCUT2D eigenvalue weighted by Crippen LogP contribution is -2.03. The number of benzene rings is 1. The smallest absolute Gasteiger partial charge is 0.331 e. The fourth-order valence-electron chi connectivity index (χ4n) is 1.46. The second-order valence-electron chi connectivity index (χ2n) is 3.26. The molecular formula is C11H9ClO3. The summed E-state index contributed by atoms with van der Waals surface area (Å²) in [6.45, 7) is 0.382. The van der Waals surface area contributed by atoms with E-state index in [1.807, 2.05) is 0 Å². The summed E-state index contributed by atoms with van der Waals surface area (Å²) in [5, 5.41) is 9.47. The highest BCUT2D eigenvalue weighted by Gasteiger charge is 2.14. The number of halogens is 1. The van der Waals surface area contributed by atoms with Crippen molar-refractivity contribution in [2.75, 3.05) is 6.61 Å². The molecule has 1 aliphatic heterocycles. The van der Waals surface area contributed by atoms with Gasteiger partial charge >= 0.3 is 5.97 Å². The van der Waals surface area contributed by atoms with Gasteiger partial charge in [0.05, 0.1) is 6.61 Å². The lowest BCUT2D eigenvalue weighted by molar-refractivity contribution is -0.132. The molecule has 0 aliphatic carbocycles. The van der Waals surface area contributed by atoms with Crippen LogP contribution in [0.5, 0.6) is 5.75 Å². The Hall–Kier alpha value is -1.48. The second-order valence-corrected chi connectivity index (χ2v) is 3.69. The predicted octanol–water partition coefficient (Wildman–Crippen LogP) is 2.59. The topological polar surface area (TPSA) is 46.5 Å². The van der Waals surface area contributed by atoms with Gasteiger partial charge in [-0.2, -0.15) is 0 Å². The van der Waals surface area contributed by atoms with E-state index in [2.05, 4.69) is 0 Å². The Labute approximate surface area is 91.9 Å². The molecule has 4 heteroatoms. The number of ether oxygens (including phenoxy) is 1. The quantitative estimate of drug-likeness (QED) is 0.798. The molecule has 1 aliphatic rings. The van der Waals surface area contributed by atoms with Crippen LogP contribution in [0, 0.1) is 0 Å². The van der Waals surface area contributed by atoms with Gasteiger partial charge in [0.15, 0.2) is 0 Å². The highest BCUT2D eigenvalue weighted by molar-refractivity contribution is 6.30. The number of hydrogen-bond donors (Lipinski definition) is 1. The van der Waals surface area contributed by atoms with Gasteiger partial charge in [-0.1, -0.05) is 11.6 Å². The minimum absolute atomic E-state index is 0.344. The fraction of sp³-hybridized carbons (Fsp3) is 0.182. The Bertz CT molecular complexity index is 437. The van der Waals surface area contributed by atoms with E-state index in [4.69, 9.17) is 21.4 Å². The van der Waals surface area contributed by atoms with Crippen molar-refractivity contribution in [2.45, 2.75) is 6.42 Å². The Morgan fingerprint density at radius 1 is 1.47 bits per heavy atom. The molecule has 2 rings (SSSR count). The third-order valence-corrected chi connectivity index (χ3v) is 2.44. The molecule has 1 aromatic carbocycles. The number of aliphatic carboxylic acids is 1. The monoisotopic (exact) mass is 224 g/mol. The fourth-order valence-corrected chi connectivity index (χ4v) is 1.64. The number of hydrogen-bond acceptors (Lipinski definition) is 2. The summed E-state index contributed by atoms with van der Waals surface area (Å²) < 4.78 is 5.41. The number of carboxylic acids is 1. The molecule has 3 nitrogen and oxygen atoms in total. The standard InChI is InChI=1S/C11H9ClO3/c12-9-1-2-10-8(6-9)5-7(11(13)14)3-4-15-10/h1-2,5-6H,3-4H2,(H,13,14). The molecule has 0 aromatic heterocycles. The molecule has 0 saturated heterocycles. The molecule has 0 saturated carbocycles. The molecule has 0 unspecified atom stereocenters. The zero-order valence-corrected chi connectivity index (χ0v) is 8.62. The minimum Gasteiger partial charge on any atom is -0.493 e. The zero-order valence-electron chi connectivity index (χ0n) is 7.87. The lowest BCUT2D eigenvalue weighted by atomic mass is 10.1. The van der Waals surface area contributed by atoms with Crippen molar-refractivity contribution in [1.82, 2.24) is 0 Å². The maximum atomic E-state index is 10.8. The third kappa shape index (κ3) is 2.13. The van der Waals surface area contributed by atoms with E-state index in [1.165, 1.54) is 0 Å². The van der Waals surface area contributed by atoms with Crippen LogP contribution in [0.3, 0.4) is 0 Å². The first-order valence-electron chi connectivity index (χ1n) is 4.53. The number of rotatable bonds is 1. The van der Waals surface area contributed by atoms with Crippen molar-refractivity contribution in [3.05, 3.63) is 34.4 Å². The Kier molecular flexibility index (Phi) is 2.64. The molecule has 0 fully saturated rings. The van der Waals surface area contributed by atoms with Crippen molar-refractivity contribution < 1.29 is 14.6 Å². The van der Waals surface area contributed by atoms with Crippen LogP contribution in [0.25, 0.3) is 6.08 Å². The zero-order chi connectivity index (χ0) is 10.8. The van der Waals surface area contributed by atoms with Gasteiger partial charge in [0.1, 0.15) is 5.75 Å². The summed E-state index contributed by atoms with van der Waals surface area (Å²) in [7, 11) is 0. The maximum absolute atomic E-state index is 10.8. The van der Waals surface area contributed by atoms with E-state index in [0.717, 1.165) is 5.56 Å². The minimum atomic E-state index is -0.911. The second kappa shape index (κ2) is 3.95. The number of fused-ring (bicyclic) bond motifs is 1. The van der Waals surface area contributed by atoms with Gasteiger partial charge < -0.3 is 9.84 Å². The molecule has 1 N–H and O–H groups in total. The summed E-state index contributed by atoms with van der Waals surface area (Å²) in [5.74, 6) is -0.234. The van der Waals surface area contributed by atoms with Crippen molar-refractivity contribution in [3.63, 3.8) is 0 Å². The Morgan fingerprint density at radius 2 is 2.27 bits per heavy atom. The van der Waals surface area contributed by atoms with E-state index < -0.39 is 5.97 Å². The van der Waals surface area contributed by atoms with Crippen LogP contribution in [-0.2, 0) is 4.79 Å². The molecule has 1 aromatic rings. The van der Waals surface area contributed by atoms with Crippen LogP contribution >= 0.6 is 11.6 Å². The van der Waals surface area contributed by atoms with Gasteiger partial charge in [-0.15, -0.1) is 0 Å². The normalized spacial score (nSPS) is 14.6. The van der Waals surface area contributed by atoms with Gasteiger partial charge in [0.25, 0.3) is 0 Å². The van der Waals surface area contributed by atoms with E-state index in [0.29, 0.717) is 29.4 Å². The van der Waals surface area contributed by atoms with Gasteiger partial charge in [-0.05, 0) is 24.3 Å². The molecule has 0 atom stereocenters. The van der Waals surface area contributed by atoms with Gasteiger partial charge in [0, 0.05) is 22.6 Å². The van der Waals surface area contributed by atoms with Crippen molar-refractivity contribution in [3.8, 4) is 5.75 Å². The van der Waals surface area contributed by atoms with E-state index in [9.17, 15) is 4.79 Å². The lowest BCUT2D eigenvalue weighted by Gasteiger charge is -2.05. The van der Waals surface area contributed by atoms with Gasteiger partial charge in [-0.3, -0.25) is 0 Å². The first-order valence-corrected chi connectivity index (χ1v) is 4.91. The van der Waals surface area contributed by atoms with E-state index >= 15 is 0 Å². The predicted molar refractivity (Wildman–Crippen MR) is 57.2 cm³/mol. The molecule has 1 heterocycles. The van der Waals surface area contributed by atoms with E-state index in [-0.39, 0.29) is 0 Å². The molecule has 0 radical (unpaired) electrons. The first-order chi connectivity index (χ1) is 7.16. The van der Waals surface area contributed by atoms with Crippen molar-refractivity contribution >= 4 is 23.6 Å². The largest absolute Gasteiger partial charge is 0.493 e. The number of carboxylic acid groups (broad SMARTS) is 1. The third-order valence-electron chi connectivity index (χ3n) is 2.21. The summed E-state index contributed by atoms with van der Waals surface area (Å²) in [6, 6.07) is 5.17. The Morgan fingerprint density at radius 3 is 3.00 bits per heavy atom. The number of carbonyl (C=O) groups is 1. The average molecular weight is 225 g/mol. The summed E-state index contributed by atoms with van der Waals surface area (Å²) >= 11 is 5.82. The van der Waals surface area contributed by atoms with Crippen LogP contribution in [0.4, 0.5) is 0 Å². The average Bonchev–Trinajstić information content (AvgIpc) is 2.39. The maximum Gasteiger partial charge on any atom is 0.331 e.